The van der Waals surface area contributed by atoms with Crippen LogP contribution >= 0.6 is 22.9 Å². The Kier molecular flexibility index (Phi) is 6.53. The molecule has 0 saturated carbocycles. The summed E-state index contributed by atoms with van der Waals surface area (Å²) in [6.45, 7) is 3.58. The zero-order chi connectivity index (χ0) is 21.8. The van der Waals surface area contributed by atoms with E-state index in [1.807, 2.05) is 31.2 Å². The van der Waals surface area contributed by atoms with Crippen LogP contribution in [0.25, 0.3) is 0 Å². The number of carbonyl (C=O) groups is 2. The second-order valence-electron chi connectivity index (χ2n) is 7.48. The summed E-state index contributed by atoms with van der Waals surface area (Å²) < 4.78 is 0. The van der Waals surface area contributed by atoms with Crippen LogP contribution in [-0.2, 0) is 0 Å². The van der Waals surface area contributed by atoms with Gasteiger partial charge in [0, 0.05) is 25.3 Å². The van der Waals surface area contributed by atoms with Crippen LogP contribution in [0.5, 0.6) is 0 Å². The number of amides is 2. The minimum absolute atomic E-state index is 0.1000. The van der Waals surface area contributed by atoms with E-state index < -0.39 is 0 Å². The van der Waals surface area contributed by atoms with E-state index >= 15 is 0 Å². The number of hydrogen-bond donors (Lipinski definition) is 2. The normalized spacial score (nSPS) is 14.3. The first kappa shape index (κ1) is 21.3. The number of benzene rings is 1. The Hall–Kier alpha value is -2.90. The molecule has 3 aromatic rings. The molecule has 0 bridgehead atoms. The van der Waals surface area contributed by atoms with Crippen LogP contribution in [0.3, 0.4) is 0 Å². The maximum atomic E-state index is 12.8. The lowest BCUT2D eigenvalue weighted by Gasteiger charge is -2.33. The van der Waals surface area contributed by atoms with Crippen LogP contribution in [0, 0.1) is 6.92 Å². The number of carbonyl (C=O) groups excluding carboxylic acids is 2. The molecule has 4 rings (SSSR count). The molecule has 1 fully saturated rings. The smallest absolute Gasteiger partial charge is 0.261 e. The second-order valence-corrected chi connectivity index (χ2v) is 8.94. The molecule has 2 amide bonds. The summed E-state index contributed by atoms with van der Waals surface area (Å²) in [5.41, 5.74) is 1.24. The molecule has 2 aromatic heterocycles. The molecule has 0 radical (unpaired) electrons. The van der Waals surface area contributed by atoms with Crippen molar-refractivity contribution in [3.8, 4) is 0 Å². The highest BCUT2D eigenvalue weighted by Gasteiger charge is 2.23. The molecule has 31 heavy (non-hydrogen) atoms. The number of aromatic nitrogens is 1. The molecule has 1 saturated heterocycles. The van der Waals surface area contributed by atoms with Gasteiger partial charge in [-0.05, 0) is 55.7 Å². The maximum Gasteiger partial charge on any atom is 0.261 e. The van der Waals surface area contributed by atoms with Crippen LogP contribution in [0.15, 0.2) is 54.7 Å². The van der Waals surface area contributed by atoms with Gasteiger partial charge in [-0.3, -0.25) is 9.59 Å². The van der Waals surface area contributed by atoms with Gasteiger partial charge in [0.05, 0.1) is 20.5 Å². The van der Waals surface area contributed by atoms with E-state index in [-0.39, 0.29) is 17.9 Å². The Morgan fingerprint density at radius 3 is 2.55 bits per heavy atom. The molecule has 2 N–H and O–H groups in total. The Morgan fingerprint density at radius 1 is 1.10 bits per heavy atom. The van der Waals surface area contributed by atoms with Gasteiger partial charge in [0.15, 0.2) is 0 Å². The third-order valence-corrected chi connectivity index (χ3v) is 6.76. The number of nitrogens with zero attached hydrogens (tertiary/aromatic N) is 2. The summed E-state index contributed by atoms with van der Waals surface area (Å²) in [6, 6.07) is 14.7. The van der Waals surface area contributed by atoms with Crippen LogP contribution in [0.1, 0.15) is 38.4 Å². The molecule has 3 heterocycles. The third kappa shape index (κ3) is 5.06. The molecule has 0 unspecified atom stereocenters. The molecule has 0 atom stereocenters. The van der Waals surface area contributed by atoms with Gasteiger partial charge in [0.1, 0.15) is 5.82 Å². The van der Waals surface area contributed by atoms with Gasteiger partial charge in [0.25, 0.3) is 11.8 Å². The van der Waals surface area contributed by atoms with Crippen molar-refractivity contribution >= 4 is 45.6 Å². The minimum atomic E-state index is -0.291. The lowest BCUT2D eigenvalue weighted by molar-refractivity contribution is 0.0934. The largest absolute Gasteiger partial charge is 0.356 e. The van der Waals surface area contributed by atoms with Crippen LogP contribution < -0.4 is 15.5 Å². The lowest BCUT2D eigenvalue weighted by Crippen LogP contribution is -2.44. The SMILES string of the molecule is Cc1cc(NC(=O)c2ccccc2Cl)sc1C(=O)NC1CCN(c2ccccn2)CC1. The summed E-state index contributed by atoms with van der Waals surface area (Å²) >= 11 is 7.38. The Morgan fingerprint density at radius 2 is 1.84 bits per heavy atom. The number of thiophene rings is 1. The highest BCUT2D eigenvalue weighted by atomic mass is 35.5. The molecule has 1 aliphatic rings. The first-order chi connectivity index (χ1) is 15.0. The van der Waals surface area contributed by atoms with E-state index in [0.717, 1.165) is 37.3 Å². The first-order valence-corrected chi connectivity index (χ1v) is 11.3. The van der Waals surface area contributed by atoms with Crippen molar-refractivity contribution in [2.75, 3.05) is 23.3 Å². The lowest BCUT2D eigenvalue weighted by atomic mass is 10.0. The molecule has 0 spiro atoms. The molecule has 8 heteroatoms. The molecule has 6 nitrogen and oxygen atoms in total. The predicted molar refractivity (Wildman–Crippen MR) is 125 cm³/mol. The summed E-state index contributed by atoms with van der Waals surface area (Å²) in [6.07, 6.45) is 3.52. The summed E-state index contributed by atoms with van der Waals surface area (Å²) in [5.74, 6) is 0.581. The van der Waals surface area contributed by atoms with Crippen molar-refractivity contribution in [3.63, 3.8) is 0 Å². The number of anilines is 2. The number of pyridine rings is 1. The van der Waals surface area contributed by atoms with Crippen LogP contribution in [0.2, 0.25) is 5.02 Å². The van der Waals surface area contributed by atoms with E-state index in [4.69, 9.17) is 11.6 Å². The van der Waals surface area contributed by atoms with Gasteiger partial charge in [-0.2, -0.15) is 0 Å². The van der Waals surface area contributed by atoms with E-state index in [2.05, 4.69) is 20.5 Å². The number of nitrogens with one attached hydrogen (secondary N) is 2. The molecule has 1 aromatic carbocycles. The van der Waals surface area contributed by atoms with Crippen molar-refractivity contribution in [3.05, 3.63) is 75.8 Å². The van der Waals surface area contributed by atoms with Crippen molar-refractivity contribution in [1.29, 1.82) is 0 Å². The van der Waals surface area contributed by atoms with Gasteiger partial charge in [-0.25, -0.2) is 4.98 Å². The van der Waals surface area contributed by atoms with E-state index in [0.29, 0.717) is 20.5 Å². The first-order valence-electron chi connectivity index (χ1n) is 10.1. The molecule has 160 valence electrons. The Labute approximate surface area is 190 Å². The van der Waals surface area contributed by atoms with E-state index in [9.17, 15) is 9.59 Å². The Bertz CT molecular complexity index is 1080. The molecule has 1 aliphatic heterocycles. The van der Waals surface area contributed by atoms with E-state index in [1.54, 1.807) is 30.5 Å². The number of rotatable bonds is 5. The van der Waals surface area contributed by atoms with Gasteiger partial charge in [0.2, 0.25) is 0 Å². The van der Waals surface area contributed by atoms with Crippen LogP contribution in [-0.4, -0.2) is 35.9 Å². The molecular formula is C23H23ClN4O2S. The minimum Gasteiger partial charge on any atom is -0.356 e. The fraction of sp³-hybridized carbons (Fsp3) is 0.261. The van der Waals surface area contributed by atoms with E-state index in [1.165, 1.54) is 11.3 Å². The number of aryl methyl sites for hydroxylation is 1. The molecule has 0 aliphatic carbocycles. The highest BCUT2D eigenvalue weighted by molar-refractivity contribution is 7.18. The summed E-state index contributed by atoms with van der Waals surface area (Å²) in [4.78, 5) is 32.6. The fourth-order valence-corrected chi connectivity index (χ4v) is 4.83. The Balaban J connectivity index is 1.35. The van der Waals surface area contributed by atoms with Gasteiger partial charge >= 0.3 is 0 Å². The van der Waals surface area contributed by atoms with Crippen molar-refractivity contribution in [2.24, 2.45) is 0 Å². The quantitative estimate of drug-likeness (QED) is 0.583. The van der Waals surface area contributed by atoms with Gasteiger partial charge < -0.3 is 15.5 Å². The second kappa shape index (κ2) is 9.49. The topological polar surface area (TPSA) is 74.3 Å². The zero-order valence-electron chi connectivity index (χ0n) is 17.1. The van der Waals surface area contributed by atoms with Gasteiger partial charge in [-0.15, -0.1) is 11.3 Å². The maximum absolute atomic E-state index is 12.8. The van der Waals surface area contributed by atoms with Crippen molar-refractivity contribution < 1.29 is 9.59 Å². The summed E-state index contributed by atoms with van der Waals surface area (Å²) in [7, 11) is 0. The average molecular weight is 455 g/mol. The monoisotopic (exact) mass is 454 g/mol. The van der Waals surface area contributed by atoms with Crippen molar-refractivity contribution in [2.45, 2.75) is 25.8 Å². The number of halogens is 1. The predicted octanol–water partition coefficient (Wildman–Crippen LogP) is 4.76. The van der Waals surface area contributed by atoms with Gasteiger partial charge in [-0.1, -0.05) is 29.8 Å². The standard InChI is InChI=1S/C23H23ClN4O2S/c1-15-14-20(27-22(29)17-6-2-3-7-18(17)24)31-21(15)23(30)26-16-9-12-28(13-10-16)19-8-4-5-11-25-19/h2-8,11,14,16H,9-10,12-13H2,1H3,(H,26,30)(H,27,29). The highest BCUT2D eigenvalue weighted by Crippen LogP contribution is 2.28. The molecular weight excluding hydrogens is 432 g/mol. The number of hydrogen-bond acceptors (Lipinski definition) is 5. The summed E-state index contributed by atoms with van der Waals surface area (Å²) in [5, 5.41) is 7.00. The van der Waals surface area contributed by atoms with Crippen LogP contribution in [0.4, 0.5) is 10.8 Å². The number of piperidine rings is 1. The third-order valence-electron chi connectivity index (χ3n) is 5.28. The fourth-order valence-electron chi connectivity index (χ4n) is 3.64. The average Bonchev–Trinajstić information content (AvgIpc) is 3.15. The van der Waals surface area contributed by atoms with Crippen molar-refractivity contribution in [1.82, 2.24) is 10.3 Å². The zero-order valence-corrected chi connectivity index (χ0v) is 18.7.